The molecule has 2 saturated heterocycles. The molecular weight excluding hydrogens is 546 g/mol. The minimum atomic E-state index is -3.87. The van der Waals surface area contributed by atoms with E-state index in [2.05, 4.69) is 19.8 Å². The number of amides is 1. The Morgan fingerprint density at radius 1 is 1.15 bits per heavy atom. The molecule has 1 aromatic carbocycles. The minimum Gasteiger partial charge on any atom is -0.460 e. The summed E-state index contributed by atoms with van der Waals surface area (Å²) in [4.78, 5) is 22.7. The molecule has 0 unspecified atom stereocenters. The summed E-state index contributed by atoms with van der Waals surface area (Å²) in [7, 11) is -3.87. The molecule has 2 aliphatic heterocycles. The average molecular weight is 584 g/mol. The van der Waals surface area contributed by atoms with Gasteiger partial charge in [0.15, 0.2) is 11.4 Å². The zero-order chi connectivity index (χ0) is 28.8. The Balaban J connectivity index is 1.32. The van der Waals surface area contributed by atoms with E-state index in [0.717, 1.165) is 31.3 Å². The van der Waals surface area contributed by atoms with Gasteiger partial charge >= 0.3 is 0 Å². The molecule has 3 N–H and O–H groups in total. The Morgan fingerprint density at radius 3 is 2.63 bits per heavy atom. The highest BCUT2D eigenvalue weighted by molar-refractivity contribution is 7.89. The fraction of sp³-hybridized carbons (Fsp3) is 0.517. The van der Waals surface area contributed by atoms with E-state index >= 15 is 0 Å². The molecule has 1 amide bonds. The van der Waals surface area contributed by atoms with Crippen molar-refractivity contribution in [2.75, 3.05) is 54.5 Å². The predicted molar refractivity (Wildman–Crippen MR) is 156 cm³/mol. The molecule has 3 aliphatic rings. The first-order chi connectivity index (χ1) is 19.7. The van der Waals surface area contributed by atoms with Gasteiger partial charge in [0.1, 0.15) is 5.69 Å². The first-order valence-corrected chi connectivity index (χ1v) is 15.7. The van der Waals surface area contributed by atoms with Gasteiger partial charge in [0, 0.05) is 37.6 Å². The van der Waals surface area contributed by atoms with Crippen molar-refractivity contribution < 1.29 is 27.5 Å². The number of ether oxygens (including phenoxy) is 1. The average Bonchev–Trinajstić information content (AvgIpc) is 3.53. The van der Waals surface area contributed by atoms with Crippen molar-refractivity contribution in [2.45, 2.75) is 56.6 Å². The van der Waals surface area contributed by atoms with E-state index in [0.29, 0.717) is 47.9 Å². The molecule has 2 aromatic heterocycles. The number of carbonyl (C=O) groups is 1. The van der Waals surface area contributed by atoms with Crippen LogP contribution in [0.4, 0.5) is 17.2 Å². The van der Waals surface area contributed by atoms with Crippen LogP contribution in [-0.2, 0) is 14.8 Å². The zero-order valence-corrected chi connectivity index (χ0v) is 24.2. The molecule has 2 atom stereocenters. The van der Waals surface area contributed by atoms with Crippen LogP contribution in [0.15, 0.2) is 45.9 Å². The number of anilines is 3. The molecular formula is C29H37N5O6S. The summed E-state index contributed by atoms with van der Waals surface area (Å²) in [6.45, 7) is 6.68. The van der Waals surface area contributed by atoms with E-state index < -0.39 is 22.0 Å². The summed E-state index contributed by atoms with van der Waals surface area (Å²) in [5.74, 6) is 0.208. The van der Waals surface area contributed by atoms with Crippen LogP contribution in [0.25, 0.3) is 11.0 Å². The Labute approximate surface area is 239 Å². The highest BCUT2D eigenvalue weighted by atomic mass is 32.2. The molecule has 6 rings (SSSR count). The maximum absolute atomic E-state index is 13.7. The number of carbonyl (C=O) groups excluding carboxylic acids is 1. The smallest absolute Gasteiger partial charge is 0.274 e. The third kappa shape index (κ3) is 5.78. The van der Waals surface area contributed by atoms with Crippen LogP contribution in [0.1, 0.15) is 50.0 Å². The van der Waals surface area contributed by atoms with Crippen molar-refractivity contribution in [3.63, 3.8) is 0 Å². The fourth-order valence-corrected chi connectivity index (χ4v) is 7.06. The number of piperidine rings is 1. The van der Waals surface area contributed by atoms with Crippen molar-refractivity contribution in [3.05, 3.63) is 42.3 Å². The van der Waals surface area contributed by atoms with E-state index in [1.54, 1.807) is 31.4 Å². The lowest BCUT2D eigenvalue weighted by Crippen LogP contribution is -2.41. The minimum absolute atomic E-state index is 0.0274. The van der Waals surface area contributed by atoms with Crippen LogP contribution in [0.3, 0.4) is 0 Å². The summed E-state index contributed by atoms with van der Waals surface area (Å²) < 4.78 is 40.0. The number of hydrogen-bond acceptors (Lipinski definition) is 9. The van der Waals surface area contributed by atoms with Gasteiger partial charge in [-0.15, -0.1) is 0 Å². The SMILES string of the molecule is C[C@@H]1CN(c2nc(C(=O)Nc3ccc(S(=O)(=O)N[C@@H](C)CO)cc3N3CCC4(CC3)CC4)cc3ccoc23)CCO1. The molecule has 3 aromatic rings. The zero-order valence-electron chi connectivity index (χ0n) is 23.4. The third-order valence-corrected chi connectivity index (χ3v) is 10.1. The Kier molecular flexibility index (Phi) is 7.43. The standard InChI is InChI=1S/C29H37N5O6S/c1-19(18-35)32-41(37,38)22-3-4-23(25(16-22)33-10-8-29(6-7-29)9-11-33)31-28(36)24-15-21-5-13-40-26(21)27(30-24)34-12-14-39-20(2)17-34/h3-5,13,15-16,19-20,32,35H,6-12,14,17-18H2,1-2H3,(H,31,36)/t19-,20+/m0/s1. The predicted octanol–water partition coefficient (Wildman–Crippen LogP) is 3.34. The highest BCUT2D eigenvalue weighted by Gasteiger charge is 2.44. The molecule has 1 saturated carbocycles. The van der Waals surface area contributed by atoms with Gasteiger partial charge in [-0.05, 0) is 75.3 Å². The van der Waals surface area contributed by atoms with E-state index in [-0.39, 0.29) is 23.3 Å². The van der Waals surface area contributed by atoms with Crippen LogP contribution in [0.5, 0.6) is 0 Å². The number of pyridine rings is 1. The lowest BCUT2D eigenvalue weighted by atomic mass is 9.93. The molecule has 12 heteroatoms. The molecule has 41 heavy (non-hydrogen) atoms. The molecule has 1 aliphatic carbocycles. The van der Waals surface area contributed by atoms with Crippen LogP contribution in [-0.4, -0.2) is 76.0 Å². The molecule has 3 fully saturated rings. The van der Waals surface area contributed by atoms with Crippen molar-refractivity contribution in [3.8, 4) is 0 Å². The Morgan fingerprint density at radius 2 is 1.93 bits per heavy atom. The number of nitrogens with one attached hydrogen (secondary N) is 2. The number of aliphatic hydroxyl groups excluding tert-OH is 1. The highest BCUT2D eigenvalue weighted by Crippen LogP contribution is 2.54. The molecule has 220 valence electrons. The van der Waals surface area contributed by atoms with Gasteiger partial charge in [0.25, 0.3) is 5.91 Å². The maximum atomic E-state index is 13.7. The van der Waals surface area contributed by atoms with Crippen molar-refractivity contribution in [1.29, 1.82) is 0 Å². The number of nitrogens with zero attached hydrogens (tertiary/aromatic N) is 3. The van der Waals surface area contributed by atoms with Gasteiger partial charge in [0.2, 0.25) is 10.0 Å². The monoisotopic (exact) mass is 583 g/mol. The number of fused-ring (bicyclic) bond motifs is 1. The number of hydrogen-bond donors (Lipinski definition) is 3. The van der Waals surface area contributed by atoms with Crippen LogP contribution < -0.4 is 19.8 Å². The number of sulfonamides is 1. The largest absolute Gasteiger partial charge is 0.460 e. The van der Waals surface area contributed by atoms with Gasteiger partial charge in [-0.3, -0.25) is 4.79 Å². The molecule has 4 heterocycles. The first-order valence-electron chi connectivity index (χ1n) is 14.2. The van der Waals surface area contributed by atoms with Gasteiger partial charge in [-0.2, -0.15) is 0 Å². The number of morpholine rings is 1. The number of aromatic nitrogens is 1. The number of furan rings is 1. The number of benzene rings is 1. The molecule has 1 spiro atoms. The second-order valence-electron chi connectivity index (χ2n) is 11.6. The van der Waals surface area contributed by atoms with Gasteiger partial charge in [-0.25, -0.2) is 18.1 Å². The topological polar surface area (TPSA) is 137 Å². The normalized spacial score (nSPS) is 21.3. The number of rotatable bonds is 8. The van der Waals surface area contributed by atoms with Crippen molar-refractivity contribution >= 4 is 44.1 Å². The summed E-state index contributed by atoms with van der Waals surface area (Å²) >= 11 is 0. The van der Waals surface area contributed by atoms with E-state index in [4.69, 9.17) is 14.1 Å². The summed E-state index contributed by atoms with van der Waals surface area (Å²) in [6, 6.07) is 7.62. The Bertz CT molecular complexity index is 1540. The molecule has 0 bridgehead atoms. The van der Waals surface area contributed by atoms with E-state index in [1.807, 2.05) is 13.0 Å². The quantitative estimate of drug-likeness (QED) is 0.365. The van der Waals surface area contributed by atoms with Crippen LogP contribution in [0, 0.1) is 5.41 Å². The van der Waals surface area contributed by atoms with E-state index in [9.17, 15) is 18.3 Å². The van der Waals surface area contributed by atoms with Gasteiger partial charge in [0.05, 0.1) is 41.9 Å². The van der Waals surface area contributed by atoms with Gasteiger partial charge < -0.3 is 29.4 Å². The van der Waals surface area contributed by atoms with Crippen molar-refractivity contribution in [1.82, 2.24) is 9.71 Å². The van der Waals surface area contributed by atoms with Gasteiger partial charge in [-0.1, -0.05) is 0 Å². The summed E-state index contributed by atoms with van der Waals surface area (Å²) in [6.07, 6.45) is 6.18. The second kappa shape index (κ2) is 10.9. The van der Waals surface area contributed by atoms with Crippen molar-refractivity contribution in [2.24, 2.45) is 5.41 Å². The first kappa shape index (κ1) is 28.0. The van der Waals surface area contributed by atoms with Crippen LogP contribution in [0.2, 0.25) is 0 Å². The summed E-state index contributed by atoms with van der Waals surface area (Å²) in [5, 5.41) is 13.2. The fourth-order valence-electron chi connectivity index (χ4n) is 5.80. The van der Waals surface area contributed by atoms with E-state index in [1.165, 1.54) is 18.9 Å². The summed E-state index contributed by atoms with van der Waals surface area (Å²) in [5.41, 5.74) is 2.47. The van der Waals surface area contributed by atoms with Crippen LogP contribution >= 0.6 is 0 Å². The lowest BCUT2D eigenvalue weighted by molar-refractivity contribution is 0.0530. The Hall–Kier alpha value is -3.19. The molecule has 0 radical (unpaired) electrons. The third-order valence-electron chi connectivity index (χ3n) is 8.47. The maximum Gasteiger partial charge on any atom is 0.274 e. The second-order valence-corrected chi connectivity index (χ2v) is 13.3. The molecule has 11 nitrogen and oxygen atoms in total. The lowest BCUT2D eigenvalue weighted by Gasteiger charge is -2.35. The number of aliphatic hydroxyl groups is 1.